The molecule has 0 saturated carbocycles. The Morgan fingerprint density at radius 3 is 2.50 bits per heavy atom. The molecule has 1 rings (SSSR count). The molecule has 0 aromatic heterocycles. The van der Waals surface area contributed by atoms with Crippen molar-refractivity contribution >= 4 is 6.21 Å². The van der Waals surface area contributed by atoms with Crippen LogP contribution in [0.3, 0.4) is 0 Å². The van der Waals surface area contributed by atoms with E-state index in [2.05, 4.69) is 5.16 Å². The van der Waals surface area contributed by atoms with E-state index in [1.165, 1.54) is 0 Å². The van der Waals surface area contributed by atoms with Gasteiger partial charge in [0.25, 0.3) is 0 Å². The normalized spacial score (nSPS) is 10.2. The summed E-state index contributed by atoms with van der Waals surface area (Å²) in [4.78, 5) is 5.02. The molecule has 0 aliphatic carbocycles. The Bertz CT molecular complexity index is 271. The average molecular weight is 165 g/mol. The average Bonchev–Trinajstić information content (AvgIpc) is 2.15. The maximum absolute atomic E-state index is 5.04. The van der Waals surface area contributed by atoms with Crippen LogP contribution in [0.5, 0.6) is 11.5 Å². The second-order valence-electron chi connectivity index (χ2n) is 2.11. The van der Waals surface area contributed by atoms with Crippen LogP contribution in [0.4, 0.5) is 0 Å². The first-order valence-electron chi connectivity index (χ1n) is 3.66. The molecule has 0 fully saturated rings. The van der Waals surface area contributed by atoms with Crippen molar-refractivity contribution in [2.75, 3.05) is 7.11 Å². The summed E-state index contributed by atoms with van der Waals surface area (Å²) in [7, 11) is 1.60. The van der Waals surface area contributed by atoms with E-state index in [0.29, 0.717) is 11.5 Å². The SMILES string of the molecule is C/C=N/Oc1ccccc1OC. The van der Waals surface area contributed by atoms with Crippen LogP contribution in [0.25, 0.3) is 0 Å². The van der Waals surface area contributed by atoms with Crippen molar-refractivity contribution < 1.29 is 9.57 Å². The zero-order chi connectivity index (χ0) is 8.81. The molecule has 1 aromatic carbocycles. The number of methoxy groups -OCH3 is 1. The van der Waals surface area contributed by atoms with Crippen molar-refractivity contribution in [2.45, 2.75) is 6.92 Å². The van der Waals surface area contributed by atoms with Crippen LogP contribution in [0, 0.1) is 0 Å². The molecule has 0 atom stereocenters. The van der Waals surface area contributed by atoms with Gasteiger partial charge in [0.2, 0.25) is 0 Å². The quantitative estimate of drug-likeness (QED) is 0.507. The molecular weight excluding hydrogens is 154 g/mol. The number of para-hydroxylation sites is 2. The number of oxime groups is 1. The molecule has 1 aromatic rings. The fourth-order valence-corrected chi connectivity index (χ4v) is 0.804. The van der Waals surface area contributed by atoms with E-state index in [0.717, 1.165) is 0 Å². The van der Waals surface area contributed by atoms with Gasteiger partial charge in [0.15, 0.2) is 11.5 Å². The number of benzene rings is 1. The Kier molecular flexibility index (Phi) is 3.14. The first-order chi connectivity index (χ1) is 5.88. The van der Waals surface area contributed by atoms with E-state index >= 15 is 0 Å². The molecule has 0 radical (unpaired) electrons. The van der Waals surface area contributed by atoms with Gasteiger partial charge in [-0.05, 0) is 19.1 Å². The first kappa shape index (κ1) is 8.59. The van der Waals surface area contributed by atoms with Gasteiger partial charge in [-0.25, -0.2) is 0 Å². The summed E-state index contributed by atoms with van der Waals surface area (Å²) in [6, 6.07) is 7.36. The molecule has 0 amide bonds. The maximum atomic E-state index is 5.04. The molecule has 0 bridgehead atoms. The number of rotatable bonds is 3. The highest BCUT2D eigenvalue weighted by Crippen LogP contribution is 2.25. The number of hydrogen-bond acceptors (Lipinski definition) is 3. The summed E-state index contributed by atoms with van der Waals surface area (Å²) in [5.74, 6) is 1.31. The number of nitrogens with zero attached hydrogens (tertiary/aromatic N) is 1. The second-order valence-corrected chi connectivity index (χ2v) is 2.11. The van der Waals surface area contributed by atoms with Crippen LogP contribution >= 0.6 is 0 Å². The van der Waals surface area contributed by atoms with Crippen LogP contribution in [-0.2, 0) is 0 Å². The monoisotopic (exact) mass is 165 g/mol. The van der Waals surface area contributed by atoms with E-state index in [1.807, 2.05) is 18.2 Å². The Hall–Kier alpha value is -1.51. The standard InChI is InChI=1S/C9H11NO2/c1-3-10-12-9-7-5-4-6-8(9)11-2/h3-7H,1-2H3/b10-3+. The molecule has 12 heavy (non-hydrogen) atoms. The fourth-order valence-electron chi connectivity index (χ4n) is 0.804. The van der Waals surface area contributed by atoms with Crippen molar-refractivity contribution in [2.24, 2.45) is 5.16 Å². The highest BCUT2D eigenvalue weighted by atomic mass is 16.6. The topological polar surface area (TPSA) is 30.8 Å². The minimum Gasteiger partial charge on any atom is -0.493 e. The summed E-state index contributed by atoms with van der Waals surface area (Å²) in [5, 5.41) is 3.65. The molecule has 64 valence electrons. The lowest BCUT2D eigenvalue weighted by Crippen LogP contribution is -1.88. The minimum atomic E-state index is 0.623. The van der Waals surface area contributed by atoms with Crippen LogP contribution in [0.15, 0.2) is 29.4 Å². The van der Waals surface area contributed by atoms with Gasteiger partial charge in [-0.1, -0.05) is 17.3 Å². The van der Waals surface area contributed by atoms with Crippen molar-refractivity contribution in [3.63, 3.8) is 0 Å². The molecule has 3 nitrogen and oxygen atoms in total. The lowest BCUT2D eigenvalue weighted by Gasteiger charge is -2.03. The van der Waals surface area contributed by atoms with Gasteiger partial charge in [-0.2, -0.15) is 0 Å². The summed E-state index contributed by atoms with van der Waals surface area (Å²) in [5.41, 5.74) is 0. The molecular formula is C9H11NO2. The maximum Gasteiger partial charge on any atom is 0.199 e. The molecule has 0 aliphatic rings. The zero-order valence-corrected chi connectivity index (χ0v) is 7.15. The third-order valence-electron chi connectivity index (χ3n) is 1.33. The van der Waals surface area contributed by atoms with Crippen molar-refractivity contribution in [3.8, 4) is 11.5 Å². The van der Waals surface area contributed by atoms with Gasteiger partial charge in [0.05, 0.1) is 7.11 Å². The number of ether oxygens (including phenoxy) is 1. The molecule has 0 heterocycles. The molecule has 3 heteroatoms. The highest BCUT2D eigenvalue weighted by Gasteiger charge is 2.00. The van der Waals surface area contributed by atoms with E-state index in [1.54, 1.807) is 26.3 Å². The van der Waals surface area contributed by atoms with E-state index < -0.39 is 0 Å². The molecule has 0 N–H and O–H groups in total. The smallest absolute Gasteiger partial charge is 0.199 e. The summed E-state index contributed by atoms with van der Waals surface area (Å²) in [6.45, 7) is 1.79. The summed E-state index contributed by atoms with van der Waals surface area (Å²) < 4.78 is 5.04. The Morgan fingerprint density at radius 2 is 1.92 bits per heavy atom. The Balaban J connectivity index is 2.81. The molecule has 0 saturated heterocycles. The van der Waals surface area contributed by atoms with E-state index in [-0.39, 0.29) is 0 Å². The fraction of sp³-hybridized carbons (Fsp3) is 0.222. The van der Waals surface area contributed by atoms with E-state index in [4.69, 9.17) is 9.57 Å². The van der Waals surface area contributed by atoms with Crippen molar-refractivity contribution in [1.82, 2.24) is 0 Å². The van der Waals surface area contributed by atoms with Crippen LogP contribution in [0.2, 0.25) is 0 Å². The van der Waals surface area contributed by atoms with Crippen LogP contribution in [-0.4, -0.2) is 13.3 Å². The predicted octanol–water partition coefficient (Wildman–Crippen LogP) is 2.08. The summed E-state index contributed by atoms with van der Waals surface area (Å²) >= 11 is 0. The lowest BCUT2D eigenvalue weighted by molar-refractivity contribution is 0.312. The third-order valence-corrected chi connectivity index (χ3v) is 1.33. The molecule has 0 unspecified atom stereocenters. The predicted molar refractivity (Wildman–Crippen MR) is 47.8 cm³/mol. The zero-order valence-electron chi connectivity index (χ0n) is 7.15. The van der Waals surface area contributed by atoms with E-state index in [9.17, 15) is 0 Å². The van der Waals surface area contributed by atoms with Gasteiger partial charge in [-0.15, -0.1) is 0 Å². The summed E-state index contributed by atoms with van der Waals surface area (Å²) in [6.07, 6.45) is 1.58. The lowest BCUT2D eigenvalue weighted by atomic mass is 10.3. The molecule has 0 aliphatic heterocycles. The van der Waals surface area contributed by atoms with Gasteiger partial charge < -0.3 is 9.57 Å². The highest BCUT2D eigenvalue weighted by molar-refractivity contribution is 5.52. The van der Waals surface area contributed by atoms with Crippen molar-refractivity contribution in [1.29, 1.82) is 0 Å². The number of hydrogen-bond donors (Lipinski definition) is 0. The first-order valence-corrected chi connectivity index (χ1v) is 3.66. The van der Waals surface area contributed by atoms with Gasteiger partial charge in [0.1, 0.15) is 0 Å². The van der Waals surface area contributed by atoms with Crippen molar-refractivity contribution in [3.05, 3.63) is 24.3 Å². The van der Waals surface area contributed by atoms with Gasteiger partial charge >= 0.3 is 0 Å². The largest absolute Gasteiger partial charge is 0.493 e. The molecule has 0 spiro atoms. The Morgan fingerprint density at radius 1 is 1.25 bits per heavy atom. The minimum absolute atomic E-state index is 0.623. The van der Waals surface area contributed by atoms with Crippen LogP contribution < -0.4 is 9.57 Å². The van der Waals surface area contributed by atoms with Gasteiger partial charge in [-0.3, -0.25) is 0 Å². The van der Waals surface area contributed by atoms with Gasteiger partial charge in [0, 0.05) is 6.21 Å². The van der Waals surface area contributed by atoms with Crippen LogP contribution in [0.1, 0.15) is 6.92 Å². The second kappa shape index (κ2) is 4.38. The Labute approximate surface area is 71.6 Å². The third kappa shape index (κ3) is 1.99.